The van der Waals surface area contributed by atoms with Crippen LogP contribution >= 0.6 is 11.8 Å². The molecule has 152 valence electrons. The minimum atomic E-state index is -0.242. The van der Waals surface area contributed by atoms with Crippen LogP contribution in [0.4, 0.5) is 0 Å². The second kappa shape index (κ2) is 9.41. The van der Waals surface area contributed by atoms with Crippen LogP contribution in [0, 0.1) is 0 Å². The van der Waals surface area contributed by atoms with Crippen LogP contribution in [0.15, 0.2) is 9.95 Å². The first-order chi connectivity index (χ1) is 12.7. The summed E-state index contributed by atoms with van der Waals surface area (Å²) in [6.45, 7) is 11.4. The summed E-state index contributed by atoms with van der Waals surface area (Å²) in [5.74, 6) is 0.279. The minimum Gasteiger partial charge on any atom is -0.350 e. The lowest BCUT2D eigenvalue weighted by Crippen LogP contribution is -2.53. The van der Waals surface area contributed by atoms with Crippen LogP contribution in [0.1, 0.15) is 34.1 Å². The molecule has 0 spiro atoms. The number of nitrogens with one attached hydrogen (secondary N) is 2. The van der Waals surface area contributed by atoms with Crippen LogP contribution in [0.25, 0.3) is 0 Å². The molecule has 0 bridgehead atoms. The predicted octanol–water partition coefficient (Wildman–Crippen LogP) is 0.132. The van der Waals surface area contributed by atoms with Gasteiger partial charge in [0.25, 0.3) is 0 Å². The maximum atomic E-state index is 12.4. The second-order valence-corrected chi connectivity index (χ2v) is 8.65. The number of H-pyrrole nitrogens is 1. The monoisotopic (exact) mass is 398 g/mol. The van der Waals surface area contributed by atoms with Gasteiger partial charge < -0.3 is 10.2 Å². The molecule has 0 radical (unpaired) electrons. The largest absolute Gasteiger partial charge is 0.350 e. The Balaban J connectivity index is 1.77. The molecule has 1 aromatic heterocycles. The molecule has 2 N–H and O–H groups in total. The SMILES string of the molecule is CCCn1c(SCC(=O)N2CCN(CC(=O)NC(C)(C)C)CC2)n[nH]c1=O. The van der Waals surface area contributed by atoms with Crippen molar-refractivity contribution in [1.29, 1.82) is 0 Å². The van der Waals surface area contributed by atoms with Crippen molar-refractivity contribution in [3.8, 4) is 0 Å². The minimum absolute atomic E-state index is 0.00487. The molecule has 1 aromatic rings. The molecule has 0 aliphatic carbocycles. The number of piperazine rings is 1. The van der Waals surface area contributed by atoms with Crippen molar-refractivity contribution in [2.24, 2.45) is 0 Å². The molecule has 9 nitrogen and oxygen atoms in total. The Morgan fingerprint density at radius 3 is 2.48 bits per heavy atom. The zero-order valence-corrected chi connectivity index (χ0v) is 17.4. The lowest BCUT2D eigenvalue weighted by molar-refractivity contribution is -0.130. The molecule has 27 heavy (non-hydrogen) atoms. The lowest BCUT2D eigenvalue weighted by Gasteiger charge is -2.34. The number of hydrogen-bond acceptors (Lipinski definition) is 6. The van der Waals surface area contributed by atoms with Gasteiger partial charge in [-0.05, 0) is 27.2 Å². The Kier molecular flexibility index (Phi) is 7.49. The summed E-state index contributed by atoms with van der Waals surface area (Å²) in [5, 5.41) is 9.93. The first kappa shape index (κ1) is 21.5. The van der Waals surface area contributed by atoms with Gasteiger partial charge in [-0.15, -0.1) is 5.10 Å². The summed E-state index contributed by atoms with van der Waals surface area (Å²) in [6, 6.07) is 0. The van der Waals surface area contributed by atoms with E-state index >= 15 is 0 Å². The third kappa shape index (κ3) is 6.69. The first-order valence-electron chi connectivity index (χ1n) is 9.28. The van der Waals surface area contributed by atoms with Gasteiger partial charge in [-0.2, -0.15) is 0 Å². The topological polar surface area (TPSA) is 103 Å². The molecule has 10 heteroatoms. The van der Waals surface area contributed by atoms with Crippen molar-refractivity contribution in [2.75, 3.05) is 38.5 Å². The van der Waals surface area contributed by atoms with Crippen molar-refractivity contribution in [3.63, 3.8) is 0 Å². The molecule has 0 saturated carbocycles. The van der Waals surface area contributed by atoms with Gasteiger partial charge in [-0.1, -0.05) is 18.7 Å². The molecule has 2 amide bonds. The van der Waals surface area contributed by atoms with Crippen LogP contribution in [-0.2, 0) is 16.1 Å². The van der Waals surface area contributed by atoms with Crippen LogP contribution < -0.4 is 11.0 Å². The molecule has 2 rings (SSSR count). The Morgan fingerprint density at radius 2 is 1.89 bits per heavy atom. The number of thioether (sulfide) groups is 1. The Labute approximate surface area is 163 Å². The second-order valence-electron chi connectivity index (χ2n) is 7.71. The van der Waals surface area contributed by atoms with Crippen LogP contribution in [0.5, 0.6) is 0 Å². The van der Waals surface area contributed by atoms with Crippen molar-refractivity contribution < 1.29 is 9.59 Å². The van der Waals surface area contributed by atoms with Gasteiger partial charge in [0.15, 0.2) is 5.16 Å². The van der Waals surface area contributed by atoms with Crippen molar-refractivity contribution in [3.05, 3.63) is 10.5 Å². The van der Waals surface area contributed by atoms with Gasteiger partial charge in [0.05, 0.1) is 12.3 Å². The molecule has 1 saturated heterocycles. The number of aromatic amines is 1. The third-order valence-electron chi connectivity index (χ3n) is 4.10. The molecule has 0 aromatic carbocycles. The third-order valence-corrected chi connectivity index (χ3v) is 5.06. The predicted molar refractivity (Wildman–Crippen MR) is 105 cm³/mol. The molecule has 1 aliphatic heterocycles. The number of hydrogen-bond donors (Lipinski definition) is 2. The summed E-state index contributed by atoms with van der Waals surface area (Å²) in [5.41, 5.74) is -0.481. The van der Waals surface area contributed by atoms with E-state index in [9.17, 15) is 14.4 Å². The van der Waals surface area contributed by atoms with E-state index in [4.69, 9.17) is 0 Å². The highest BCUT2D eigenvalue weighted by Gasteiger charge is 2.24. The Morgan fingerprint density at radius 1 is 1.22 bits per heavy atom. The van der Waals surface area contributed by atoms with E-state index in [0.29, 0.717) is 44.4 Å². The van der Waals surface area contributed by atoms with Crippen LogP contribution in [0.2, 0.25) is 0 Å². The number of amides is 2. The molecular formula is C17H30N6O3S. The van der Waals surface area contributed by atoms with E-state index in [1.54, 1.807) is 9.47 Å². The summed E-state index contributed by atoms with van der Waals surface area (Å²) in [4.78, 5) is 40.0. The van der Waals surface area contributed by atoms with E-state index in [1.807, 2.05) is 27.7 Å². The van der Waals surface area contributed by atoms with Crippen molar-refractivity contribution >= 4 is 23.6 Å². The summed E-state index contributed by atoms with van der Waals surface area (Å²) < 4.78 is 1.56. The van der Waals surface area contributed by atoms with Gasteiger partial charge in [-0.3, -0.25) is 19.1 Å². The van der Waals surface area contributed by atoms with Gasteiger partial charge in [0, 0.05) is 38.3 Å². The van der Waals surface area contributed by atoms with Crippen LogP contribution in [0.3, 0.4) is 0 Å². The maximum Gasteiger partial charge on any atom is 0.343 e. The molecular weight excluding hydrogens is 368 g/mol. The molecule has 2 heterocycles. The highest BCUT2D eigenvalue weighted by atomic mass is 32.2. The van der Waals surface area contributed by atoms with E-state index in [-0.39, 0.29) is 28.8 Å². The number of nitrogens with zero attached hydrogens (tertiary/aromatic N) is 4. The van der Waals surface area contributed by atoms with Crippen LogP contribution in [-0.4, -0.2) is 80.4 Å². The van der Waals surface area contributed by atoms with Crippen molar-refractivity contribution in [2.45, 2.75) is 51.4 Å². The highest BCUT2D eigenvalue weighted by Crippen LogP contribution is 2.15. The zero-order chi connectivity index (χ0) is 20.0. The Hall–Kier alpha value is -1.81. The molecule has 1 aliphatic rings. The van der Waals surface area contributed by atoms with E-state index in [1.165, 1.54) is 11.8 Å². The summed E-state index contributed by atoms with van der Waals surface area (Å²) in [6.07, 6.45) is 0.825. The van der Waals surface area contributed by atoms with Crippen molar-refractivity contribution in [1.82, 2.24) is 29.9 Å². The van der Waals surface area contributed by atoms with E-state index in [0.717, 1.165) is 6.42 Å². The number of rotatable bonds is 7. The van der Waals surface area contributed by atoms with E-state index in [2.05, 4.69) is 20.4 Å². The fourth-order valence-electron chi connectivity index (χ4n) is 2.87. The summed E-state index contributed by atoms with van der Waals surface area (Å²) in [7, 11) is 0. The standard InChI is InChI=1S/C17H30N6O3S/c1-5-6-23-15(26)19-20-16(23)27-12-14(25)22-9-7-21(8-10-22)11-13(24)18-17(2,3)4/h5-12H2,1-4H3,(H,18,24)(H,19,26). The van der Waals surface area contributed by atoms with Gasteiger partial charge in [-0.25, -0.2) is 9.89 Å². The number of carbonyl (C=O) groups excluding carboxylic acids is 2. The lowest BCUT2D eigenvalue weighted by atomic mass is 10.1. The molecule has 0 atom stereocenters. The normalized spacial score (nSPS) is 15.8. The molecule has 0 unspecified atom stereocenters. The van der Waals surface area contributed by atoms with Gasteiger partial charge in [0.1, 0.15) is 0 Å². The quantitative estimate of drug-likeness (QED) is 0.633. The Bertz CT molecular complexity index is 700. The fourth-order valence-corrected chi connectivity index (χ4v) is 3.74. The summed E-state index contributed by atoms with van der Waals surface area (Å²) >= 11 is 1.28. The first-order valence-corrected chi connectivity index (χ1v) is 10.3. The van der Waals surface area contributed by atoms with Gasteiger partial charge >= 0.3 is 5.69 Å². The average molecular weight is 399 g/mol. The fraction of sp³-hybridized carbons (Fsp3) is 0.765. The molecule has 1 fully saturated rings. The average Bonchev–Trinajstić information content (AvgIpc) is 2.92. The van der Waals surface area contributed by atoms with E-state index < -0.39 is 0 Å². The maximum absolute atomic E-state index is 12.4. The van der Waals surface area contributed by atoms with Gasteiger partial charge in [0.2, 0.25) is 11.8 Å². The number of aromatic nitrogens is 3. The zero-order valence-electron chi connectivity index (χ0n) is 16.6. The smallest absolute Gasteiger partial charge is 0.343 e. The highest BCUT2D eigenvalue weighted by molar-refractivity contribution is 7.99. The number of carbonyl (C=O) groups is 2.